The summed E-state index contributed by atoms with van der Waals surface area (Å²) in [6, 6.07) is 22.3. The Hall–Kier alpha value is -3.91. The van der Waals surface area contributed by atoms with Crippen molar-refractivity contribution in [3.8, 4) is 0 Å². The summed E-state index contributed by atoms with van der Waals surface area (Å²) < 4.78 is 0. The molecule has 3 heterocycles. The molecule has 38 heavy (non-hydrogen) atoms. The van der Waals surface area contributed by atoms with Gasteiger partial charge < -0.3 is 20.0 Å². The second-order valence-electron chi connectivity index (χ2n) is 9.66. The Balaban J connectivity index is 1.27. The second-order valence-corrected chi connectivity index (χ2v) is 10.1. The topological polar surface area (TPSA) is 85.9 Å². The molecule has 2 saturated heterocycles. The molecule has 3 aromatic rings. The molecule has 2 aliphatic heterocycles. The quantitative estimate of drug-likeness (QED) is 0.505. The van der Waals surface area contributed by atoms with Crippen LogP contribution in [0.15, 0.2) is 79.0 Å². The molecule has 196 valence electrons. The van der Waals surface area contributed by atoms with Crippen LogP contribution in [0.3, 0.4) is 0 Å². The molecule has 1 spiro atoms. The van der Waals surface area contributed by atoms with E-state index in [1.54, 1.807) is 40.3 Å². The third-order valence-electron chi connectivity index (χ3n) is 7.31. The number of nitrogens with zero attached hydrogens (tertiary/aromatic N) is 4. The highest BCUT2D eigenvalue weighted by Gasteiger charge is 2.54. The van der Waals surface area contributed by atoms with Gasteiger partial charge in [-0.2, -0.15) is 0 Å². The van der Waals surface area contributed by atoms with Gasteiger partial charge in [0, 0.05) is 54.2 Å². The third kappa shape index (κ3) is 5.36. The summed E-state index contributed by atoms with van der Waals surface area (Å²) in [6.45, 7) is 1.65. The number of piperidine rings is 1. The van der Waals surface area contributed by atoms with Gasteiger partial charge in [-0.3, -0.25) is 19.4 Å². The fourth-order valence-corrected chi connectivity index (χ4v) is 5.41. The normalized spacial score (nSPS) is 16.7. The standard InChI is InChI=1S/C29H30ClN5O3/c30-23-11-9-22(10-12-23)27(37)33-18-14-29(15-19-33)28(38)34(21-35(29)25-7-2-1-3-8-25)20-26(36)32-17-13-24-6-4-5-16-31-24/h1-12,16H,13-15,17-21H2,(H,32,36). The highest BCUT2D eigenvalue weighted by Crippen LogP contribution is 2.39. The van der Waals surface area contributed by atoms with Crippen LogP contribution in [0.5, 0.6) is 0 Å². The number of anilines is 1. The van der Waals surface area contributed by atoms with E-state index in [2.05, 4.69) is 15.2 Å². The average Bonchev–Trinajstić information content (AvgIpc) is 3.20. The lowest BCUT2D eigenvalue weighted by Crippen LogP contribution is -2.57. The molecule has 3 amide bonds. The van der Waals surface area contributed by atoms with Crippen LogP contribution in [0.4, 0.5) is 5.69 Å². The molecule has 9 heteroatoms. The van der Waals surface area contributed by atoms with Crippen molar-refractivity contribution in [3.05, 3.63) is 95.3 Å². The van der Waals surface area contributed by atoms with Gasteiger partial charge in [-0.05, 0) is 61.4 Å². The molecule has 2 fully saturated rings. The van der Waals surface area contributed by atoms with Crippen LogP contribution in [0.25, 0.3) is 0 Å². The number of hydrogen-bond acceptors (Lipinski definition) is 5. The van der Waals surface area contributed by atoms with Gasteiger partial charge in [-0.15, -0.1) is 0 Å². The van der Waals surface area contributed by atoms with Crippen molar-refractivity contribution in [2.24, 2.45) is 0 Å². The lowest BCUT2D eigenvalue weighted by Gasteiger charge is -2.43. The van der Waals surface area contributed by atoms with E-state index in [0.717, 1.165) is 11.4 Å². The maximum absolute atomic E-state index is 13.9. The molecule has 0 unspecified atom stereocenters. The van der Waals surface area contributed by atoms with Gasteiger partial charge >= 0.3 is 0 Å². The SMILES string of the molecule is O=C(CN1CN(c2ccccc2)C2(CCN(C(=O)c3ccc(Cl)cc3)CC2)C1=O)NCCc1ccccn1. The van der Waals surface area contributed by atoms with Gasteiger partial charge in [0.05, 0.1) is 6.67 Å². The summed E-state index contributed by atoms with van der Waals surface area (Å²) in [4.78, 5) is 49.5. The molecular weight excluding hydrogens is 502 g/mol. The van der Waals surface area contributed by atoms with Crippen molar-refractivity contribution < 1.29 is 14.4 Å². The first-order valence-corrected chi connectivity index (χ1v) is 13.2. The Kier molecular flexibility index (Phi) is 7.60. The Morgan fingerprint density at radius 1 is 0.947 bits per heavy atom. The molecule has 2 aliphatic rings. The number of rotatable bonds is 7. The molecular formula is C29H30ClN5O3. The van der Waals surface area contributed by atoms with Crippen molar-refractivity contribution in [2.75, 3.05) is 37.7 Å². The maximum Gasteiger partial charge on any atom is 0.253 e. The zero-order chi connectivity index (χ0) is 26.5. The number of halogens is 1. The van der Waals surface area contributed by atoms with Gasteiger partial charge in [-0.1, -0.05) is 35.9 Å². The number of pyridine rings is 1. The Morgan fingerprint density at radius 3 is 2.34 bits per heavy atom. The molecule has 8 nitrogen and oxygen atoms in total. The number of aromatic nitrogens is 1. The van der Waals surface area contributed by atoms with Gasteiger partial charge in [0.1, 0.15) is 12.1 Å². The van der Waals surface area contributed by atoms with Crippen molar-refractivity contribution in [2.45, 2.75) is 24.8 Å². The number of hydrogen-bond donors (Lipinski definition) is 1. The van der Waals surface area contributed by atoms with Gasteiger partial charge in [-0.25, -0.2) is 0 Å². The first kappa shape index (κ1) is 25.7. The molecule has 0 atom stereocenters. The summed E-state index contributed by atoms with van der Waals surface area (Å²) in [6.07, 6.45) is 3.32. The predicted octanol–water partition coefficient (Wildman–Crippen LogP) is 3.38. The van der Waals surface area contributed by atoms with Crippen LogP contribution in [0.1, 0.15) is 28.9 Å². The van der Waals surface area contributed by atoms with Gasteiger partial charge in [0.25, 0.3) is 11.8 Å². The lowest BCUT2D eigenvalue weighted by atomic mass is 9.85. The van der Waals surface area contributed by atoms with Crippen molar-refractivity contribution in [1.29, 1.82) is 0 Å². The Morgan fingerprint density at radius 2 is 1.66 bits per heavy atom. The largest absolute Gasteiger partial charge is 0.354 e. The van der Waals surface area contributed by atoms with E-state index in [0.29, 0.717) is 56.2 Å². The van der Waals surface area contributed by atoms with E-state index in [1.807, 2.05) is 48.5 Å². The first-order valence-electron chi connectivity index (χ1n) is 12.8. The third-order valence-corrected chi connectivity index (χ3v) is 7.57. The number of carbonyl (C=O) groups is 3. The van der Waals surface area contributed by atoms with E-state index in [-0.39, 0.29) is 24.3 Å². The molecule has 0 radical (unpaired) electrons. The van der Waals surface area contributed by atoms with Gasteiger partial charge in [0.15, 0.2) is 0 Å². The summed E-state index contributed by atoms with van der Waals surface area (Å²) in [5.41, 5.74) is 1.61. The number of amides is 3. The van der Waals surface area contributed by atoms with Crippen molar-refractivity contribution in [1.82, 2.24) is 20.1 Å². The fraction of sp³-hybridized carbons (Fsp3) is 0.310. The van der Waals surface area contributed by atoms with Crippen LogP contribution < -0.4 is 10.2 Å². The summed E-state index contributed by atoms with van der Waals surface area (Å²) in [5.74, 6) is -0.341. The fourth-order valence-electron chi connectivity index (χ4n) is 5.28. The zero-order valence-corrected chi connectivity index (χ0v) is 21.8. The summed E-state index contributed by atoms with van der Waals surface area (Å²) in [5, 5.41) is 3.49. The maximum atomic E-state index is 13.9. The lowest BCUT2D eigenvalue weighted by molar-refractivity contribution is -0.137. The predicted molar refractivity (Wildman–Crippen MR) is 146 cm³/mol. The van der Waals surface area contributed by atoms with Crippen LogP contribution >= 0.6 is 11.6 Å². The number of para-hydroxylation sites is 1. The van der Waals surface area contributed by atoms with E-state index >= 15 is 0 Å². The van der Waals surface area contributed by atoms with E-state index in [4.69, 9.17) is 11.6 Å². The molecule has 0 saturated carbocycles. The minimum Gasteiger partial charge on any atom is -0.354 e. The van der Waals surface area contributed by atoms with E-state index < -0.39 is 5.54 Å². The summed E-state index contributed by atoms with van der Waals surface area (Å²) >= 11 is 5.98. The molecule has 1 aromatic heterocycles. The van der Waals surface area contributed by atoms with Crippen molar-refractivity contribution in [3.63, 3.8) is 0 Å². The highest BCUT2D eigenvalue weighted by atomic mass is 35.5. The zero-order valence-electron chi connectivity index (χ0n) is 21.1. The van der Waals surface area contributed by atoms with Crippen LogP contribution in [0, 0.1) is 0 Å². The van der Waals surface area contributed by atoms with E-state index in [1.165, 1.54) is 0 Å². The molecule has 0 aliphatic carbocycles. The summed E-state index contributed by atoms with van der Waals surface area (Å²) in [7, 11) is 0. The van der Waals surface area contributed by atoms with Crippen molar-refractivity contribution >= 4 is 35.0 Å². The molecule has 1 N–H and O–H groups in total. The number of carbonyl (C=O) groups excluding carboxylic acids is 3. The van der Waals surface area contributed by atoms with Crippen LogP contribution in [-0.2, 0) is 16.0 Å². The Bertz CT molecular complexity index is 1280. The van der Waals surface area contributed by atoms with E-state index in [9.17, 15) is 14.4 Å². The second kappa shape index (κ2) is 11.2. The Labute approximate surface area is 227 Å². The molecule has 2 aromatic carbocycles. The first-order chi connectivity index (χ1) is 18.5. The van der Waals surface area contributed by atoms with Crippen LogP contribution in [-0.4, -0.2) is 70.9 Å². The number of nitrogens with one attached hydrogen (secondary N) is 1. The van der Waals surface area contributed by atoms with Crippen LogP contribution in [0.2, 0.25) is 5.02 Å². The molecule has 5 rings (SSSR count). The highest BCUT2D eigenvalue weighted by molar-refractivity contribution is 6.30. The smallest absolute Gasteiger partial charge is 0.253 e. The average molecular weight is 532 g/mol. The number of benzene rings is 2. The minimum atomic E-state index is -0.799. The monoisotopic (exact) mass is 531 g/mol. The minimum absolute atomic E-state index is 0.0143. The van der Waals surface area contributed by atoms with Gasteiger partial charge in [0.2, 0.25) is 5.91 Å². The molecule has 0 bridgehead atoms. The number of likely N-dealkylation sites (tertiary alicyclic amines) is 1.